The van der Waals surface area contributed by atoms with E-state index in [-0.39, 0.29) is 25.1 Å². The number of amides is 3. The fourth-order valence-corrected chi connectivity index (χ4v) is 3.17. The van der Waals surface area contributed by atoms with Crippen molar-refractivity contribution in [1.82, 2.24) is 10.6 Å². The molecular formula is C23H21N5O4. The predicted molar refractivity (Wildman–Crippen MR) is 120 cm³/mol. The minimum absolute atomic E-state index is 0.0954. The molecule has 3 aromatic carbocycles. The summed E-state index contributed by atoms with van der Waals surface area (Å²) in [6.07, 6.45) is 0.403. The maximum Gasteiger partial charge on any atom is 0.319 e. The fraction of sp³-hybridized carbons (Fsp3) is 0.174. The van der Waals surface area contributed by atoms with Gasteiger partial charge in [0.25, 0.3) is 5.69 Å². The normalized spacial score (nSPS) is 11.2. The SMILES string of the molecule is N#CCCNC(=O)C(Cc1ccc2ccccc2c1)NC(=O)Nc1ccc([N+](=O)[O-])cc1. The van der Waals surface area contributed by atoms with Crippen molar-refractivity contribution in [2.75, 3.05) is 11.9 Å². The van der Waals surface area contributed by atoms with Crippen LogP contribution >= 0.6 is 0 Å². The molecule has 32 heavy (non-hydrogen) atoms. The van der Waals surface area contributed by atoms with Crippen LogP contribution < -0.4 is 16.0 Å². The summed E-state index contributed by atoms with van der Waals surface area (Å²) in [7, 11) is 0. The quantitative estimate of drug-likeness (QED) is 0.285. The van der Waals surface area contributed by atoms with Crippen LogP contribution in [0.15, 0.2) is 66.7 Å². The first kappa shape index (κ1) is 22.2. The van der Waals surface area contributed by atoms with E-state index in [1.54, 1.807) is 0 Å². The van der Waals surface area contributed by atoms with Crippen LogP contribution in [0.4, 0.5) is 16.2 Å². The number of nitrogens with one attached hydrogen (secondary N) is 3. The second kappa shape index (κ2) is 10.5. The van der Waals surface area contributed by atoms with Gasteiger partial charge in [0.15, 0.2) is 0 Å². The van der Waals surface area contributed by atoms with Gasteiger partial charge in [-0.05, 0) is 28.5 Å². The molecule has 0 saturated heterocycles. The topological polar surface area (TPSA) is 137 Å². The molecule has 1 unspecified atom stereocenters. The molecule has 0 radical (unpaired) electrons. The molecule has 3 N–H and O–H groups in total. The molecule has 0 aliphatic rings. The van der Waals surface area contributed by atoms with Crippen LogP contribution in [0.1, 0.15) is 12.0 Å². The minimum atomic E-state index is -0.882. The van der Waals surface area contributed by atoms with Gasteiger partial charge in [-0.3, -0.25) is 14.9 Å². The second-order valence-corrected chi connectivity index (χ2v) is 7.04. The van der Waals surface area contributed by atoms with Crippen molar-refractivity contribution in [2.24, 2.45) is 0 Å². The lowest BCUT2D eigenvalue weighted by molar-refractivity contribution is -0.384. The smallest absolute Gasteiger partial charge is 0.319 e. The molecule has 0 spiro atoms. The van der Waals surface area contributed by atoms with Crippen LogP contribution in [-0.2, 0) is 11.2 Å². The van der Waals surface area contributed by atoms with Gasteiger partial charge >= 0.3 is 6.03 Å². The van der Waals surface area contributed by atoms with E-state index in [0.29, 0.717) is 5.69 Å². The number of nitriles is 1. The van der Waals surface area contributed by atoms with Crippen LogP contribution in [0.25, 0.3) is 10.8 Å². The number of benzene rings is 3. The summed E-state index contributed by atoms with van der Waals surface area (Å²) in [5.74, 6) is -0.410. The van der Waals surface area contributed by atoms with Gasteiger partial charge in [-0.15, -0.1) is 0 Å². The van der Waals surface area contributed by atoms with E-state index in [0.717, 1.165) is 16.3 Å². The number of hydrogen-bond acceptors (Lipinski definition) is 5. The van der Waals surface area contributed by atoms with Crippen molar-refractivity contribution in [1.29, 1.82) is 5.26 Å². The Bertz CT molecular complexity index is 1170. The largest absolute Gasteiger partial charge is 0.353 e. The van der Waals surface area contributed by atoms with Gasteiger partial charge in [-0.25, -0.2) is 4.79 Å². The highest BCUT2D eigenvalue weighted by Gasteiger charge is 2.21. The van der Waals surface area contributed by atoms with E-state index in [1.807, 2.05) is 48.5 Å². The number of carbonyl (C=O) groups excluding carboxylic acids is 2. The number of nitro groups is 1. The molecule has 0 aliphatic heterocycles. The highest BCUT2D eigenvalue weighted by atomic mass is 16.6. The number of urea groups is 1. The lowest BCUT2D eigenvalue weighted by Gasteiger charge is -2.19. The van der Waals surface area contributed by atoms with E-state index in [1.165, 1.54) is 24.3 Å². The van der Waals surface area contributed by atoms with Crippen molar-refractivity contribution in [3.05, 3.63) is 82.4 Å². The highest BCUT2D eigenvalue weighted by Crippen LogP contribution is 2.18. The number of nitro benzene ring substituents is 1. The molecule has 0 fully saturated rings. The molecule has 9 nitrogen and oxygen atoms in total. The number of hydrogen-bond donors (Lipinski definition) is 3. The Kier molecular flexibility index (Phi) is 7.33. The van der Waals surface area contributed by atoms with E-state index in [4.69, 9.17) is 5.26 Å². The van der Waals surface area contributed by atoms with E-state index in [2.05, 4.69) is 16.0 Å². The number of carbonyl (C=O) groups is 2. The standard InChI is InChI=1S/C23H21N5O4/c24-12-3-13-25-22(29)21(15-16-6-7-17-4-1-2-5-18(17)14-16)27-23(30)26-19-8-10-20(11-9-19)28(31)32/h1-2,4-11,14,21H,3,13,15H2,(H,25,29)(H2,26,27,30). The van der Waals surface area contributed by atoms with Gasteiger partial charge in [0.05, 0.1) is 17.4 Å². The Hall–Kier alpha value is -4.45. The monoisotopic (exact) mass is 431 g/mol. The lowest BCUT2D eigenvalue weighted by Crippen LogP contribution is -2.49. The van der Waals surface area contributed by atoms with Crippen LogP contribution in [-0.4, -0.2) is 29.4 Å². The zero-order valence-electron chi connectivity index (χ0n) is 17.1. The number of nitrogens with zero attached hydrogens (tertiary/aromatic N) is 2. The molecule has 3 amide bonds. The lowest BCUT2D eigenvalue weighted by atomic mass is 10.0. The van der Waals surface area contributed by atoms with E-state index in [9.17, 15) is 19.7 Å². The Morgan fingerprint density at radius 3 is 2.44 bits per heavy atom. The fourth-order valence-electron chi connectivity index (χ4n) is 3.17. The van der Waals surface area contributed by atoms with Crippen LogP contribution in [0, 0.1) is 21.4 Å². The molecule has 0 saturated carbocycles. The number of non-ortho nitro benzene ring substituents is 1. The summed E-state index contributed by atoms with van der Waals surface area (Å²) in [4.78, 5) is 35.4. The van der Waals surface area contributed by atoms with Crippen LogP contribution in [0.5, 0.6) is 0 Å². The highest BCUT2D eigenvalue weighted by molar-refractivity contribution is 5.94. The van der Waals surface area contributed by atoms with Crippen molar-refractivity contribution in [3.63, 3.8) is 0 Å². The van der Waals surface area contributed by atoms with Crippen LogP contribution in [0.3, 0.4) is 0 Å². The molecule has 1 atom stereocenters. The molecule has 9 heteroatoms. The summed E-state index contributed by atoms with van der Waals surface area (Å²) < 4.78 is 0. The predicted octanol–water partition coefficient (Wildman–Crippen LogP) is 3.51. The third-order valence-electron chi connectivity index (χ3n) is 4.75. The van der Waals surface area contributed by atoms with Crippen molar-refractivity contribution < 1.29 is 14.5 Å². The maximum absolute atomic E-state index is 12.7. The molecule has 0 aromatic heterocycles. The first-order valence-electron chi connectivity index (χ1n) is 9.90. The third kappa shape index (κ3) is 6.03. The molecule has 162 valence electrons. The van der Waals surface area contributed by atoms with Crippen molar-refractivity contribution in [3.8, 4) is 6.07 Å². The average molecular weight is 431 g/mol. The minimum Gasteiger partial charge on any atom is -0.353 e. The van der Waals surface area contributed by atoms with Gasteiger partial charge < -0.3 is 16.0 Å². The first-order valence-corrected chi connectivity index (χ1v) is 9.90. The summed E-state index contributed by atoms with van der Waals surface area (Å²) >= 11 is 0. The molecule has 0 heterocycles. The van der Waals surface area contributed by atoms with Gasteiger partial charge in [0.1, 0.15) is 6.04 Å². The van der Waals surface area contributed by atoms with Crippen LogP contribution in [0.2, 0.25) is 0 Å². The summed E-state index contributed by atoms with van der Waals surface area (Å²) in [5, 5.41) is 29.4. The van der Waals surface area contributed by atoms with Gasteiger partial charge in [0, 0.05) is 30.8 Å². The maximum atomic E-state index is 12.7. The van der Waals surface area contributed by atoms with Crippen molar-refractivity contribution >= 4 is 34.1 Å². The number of fused-ring (bicyclic) bond motifs is 1. The van der Waals surface area contributed by atoms with Gasteiger partial charge in [-0.2, -0.15) is 5.26 Å². The second-order valence-electron chi connectivity index (χ2n) is 7.04. The first-order chi connectivity index (χ1) is 15.5. The Morgan fingerprint density at radius 1 is 1.03 bits per heavy atom. The molecule has 3 rings (SSSR count). The number of anilines is 1. The average Bonchev–Trinajstić information content (AvgIpc) is 2.79. The Morgan fingerprint density at radius 2 is 1.75 bits per heavy atom. The van der Waals surface area contributed by atoms with Gasteiger partial charge in [-0.1, -0.05) is 42.5 Å². The molecule has 0 bridgehead atoms. The van der Waals surface area contributed by atoms with Crippen molar-refractivity contribution in [2.45, 2.75) is 18.9 Å². The summed E-state index contributed by atoms with van der Waals surface area (Å²) in [6, 6.07) is 19.4. The van der Waals surface area contributed by atoms with E-state index < -0.39 is 22.9 Å². The summed E-state index contributed by atoms with van der Waals surface area (Å²) in [6.45, 7) is 0.176. The zero-order chi connectivity index (χ0) is 22.9. The summed E-state index contributed by atoms with van der Waals surface area (Å²) in [5.41, 5.74) is 1.12. The number of rotatable bonds is 8. The van der Waals surface area contributed by atoms with Gasteiger partial charge in [0.2, 0.25) is 5.91 Å². The third-order valence-corrected chi connectivity index (χ3v) is 4.75. The zero-order valence-corrected chi connectivity index (χ0v) is 17.1. The Balaban J connectivity index is 1.72. The van der Waals surface area contributed by atoms with E-state index >= 15 is 0 Å². The Labute approximate surface area is 184 Å². The molecule has 0 aliphatic carbocycles. The molecular weight excluding hydrogens is 410 g/mol. The molecule has 3 aromatic rings.